The molecule has 0 saturated carbocycles. The summed E-state index contributed by atoms with van der Waals surface area (Å²) in [4.78, 5) is 0.758. The fraction of sp³-hybridized carbons (Fsp3) is 0.286. The van der Waals surface area contributed by atoms with Crippen LogP contribution in [-0.4, -0.2) is 6.54 Å². The fourth-order valence-corrected chi connectivity index (χ4v) is 3.05. The first-order valence-corrected chi connectivity index (χ1v) is 7.35. The van der Waals surface area contributed by atoms with Crippen molar-refractivity contribution in [2.45, 2.75) is 19.4 Å². The van der Waals surface area contributed by atoms with Gasteiger partial charge in [-0.1, -0.05) is 18.5 Å². The van der Waals surface area contributed by atoms with E-state index in [1.54, 1.807) is 12.1 Å². The Morgan fingerprint density at radius 2 is 1.85 bits per heavy atom. The highest BCUT2D eigenvalue weighted by Gasteiger charge is 2.21. The number of halogens is 4. The van der Waals surface area contributed by atoms with Gasteiger partial charge in [-0.2, -0.15) is 0 Å². The van der Waals surface area contributed by atoms with Crippen molar-refractivity contribution in [2.24, 2.45) is 0 Å². The second-order valence-corrected chi connectivity index (χ2v) is 6.06. The Kier molecular flexibility index (Phi) is 5.07. The molecule has 0 aliphatic rings. The molecule has 0 aliphatic carbocycles. The number of hydrogen-bond acceptors (Lipinski definition) is 2. The molecule has 0 amide bonds. The summed E-state index contributed by atoms with van der Waals surface area (Å²) >= 11 is 7.17. The van der Waals surface area contributed by atoms with E-state index in [1.165, 1.54) is 11.3 Å². The van der Waals surface area contributed by atoms with E-state index < -0.39 is 23.5 Å². The Labute approximate surface area is 124 Å². The molecule has 2 aromatic rings. The third-order valence-corrected chi connectivity index (χ3v) is 4.12. The number of rotatable bonds is 5. The van der Waals surface area contributed by atoms with Gasteiger partial charge in [0.05, 0.1) is 10.4 Å². The van der Waals surface area contributed by atoms with Gasteiger partial charge in [0.15, 0.2) is 11.6 Å². The summed E-state index contributed by atoms with van der Waals surface area (Å²) in [6.07, 6.45) is 0.834. The Morgan fingerprint density at radius 3 is 2.45 bits per heavy atom. The SMILES string of the molecule is CCCNC(c1ccc(Cl)s1)c1cc(F)c(F)cc1F. The molecule has 0 fully saturated rings. The Hall–Kier alpha value is -1.04. The van der Waals surface area contributed by atoms with Crippen LogP contribution >= 0.6 is 22.9 Å². The lowest BCUT2D eigenvalue weighted by Crippen LogP contribution is -2.23. The van der Waals surface area contributed by atoms with Gasteiger partial charge in [0.2, 0.25) is 0 Å². The Morgan fingerprint density at radius 1 is 1.15 bits per heavy atom. The molecule has 20 heavy (non-hydrogen) atoms. The zero-order valence-electron chi connectivity index (χ0n) is 10.7. The van der Waals surface area contributed by atoms with E-state index in [0.717, 1.165) is 17.4 Å². The summed E-state index contributed by atoms with van der Waals surface area (Å²) in [7, 11) is 0. The maximum absolute atomic E-state index is 13.9. The zero-order chi connectivity index (χ0) is 14.7. The molecule has 1 aromatic heterocycles. The van der Waals surface area contributed by atoms with E-state index in [1.807, 2.05) is 6.92 Å². The van der Waals surface area contributed by atoms with Crippen LogP contribution in [0.25, 0.3) is 0 Å². The van der Waals surface area contributed by atoms with Crippen LogP contribution in [0, 0.1) is 17.5 Å². The van der Waals surface area contributed by atoms with Gasteiger partial charge in [-0.05, 0) is 31.2 Å². The predicted octanol–water partition coefficient (Wildman–Crippen LogP) is 4.91. The second-order valence-electron chi connectivity index (χ2n) is 4.32. The molecule has 2 rings (SSSR count). The molecule has 1 N–H and O–H groups in total. The van der Waals surface area contributed by atoms with Gasteiger partial charge in [-0.3, -0.25) is 0 Å². The molecule has 6 heteroatoms. The highest BCUT2D eigenvalue weighted by atomic mass is 35.5. The third kappa shape index (κ3) is 3.34. The maximum Gasteiger partial charge on any atom is 0.161 e. The van der Waals surface area contributed by atoms with Crippen LogP contribution in [0.1, 0.15) is 29.8 Å². The average Bonchev–Trinajstić information content (AvgIpc) is 2.82. The first-order chi connectivity index (χ1) is 9.52. The van der Waals surface area contributed by atoms with Crippen molar-refractivity contribution >= 4 is 22.9 Å². The molecular weight excluding hydrogens is 307 g/mol. The van der Waals surface area contributed by atoms with Gasteiger partial charge in [0.1, 0.15) is 5.82 Å². The number of nitrogens with one attached hydrogen (secondary N) is 1. The van der Waals surface area contributed by atoms with Gasteiger partial charge in [-0.25, -0.2) is 13.2 Å². The minimum absolute atomic E-state index is 0.0795. The molecule has 0 aliphatic heterocycles. The summed E-state index contributed by atoms with van der Waals surface area (Å²) in [5, 5.41) is 3.13. The van der Waals surface area contributed by atoms with Gasteiger partial charge in [0, 0.05) is 16.5 Å². The standard InChI is InChI=1S/C14H13ClF3NS/c1-2-5-19-14(12-3-4-13(15)20-12)8-6-10(17)11(18)7-9(8)16/h3-4,6-7,14,19H,2,5H2,1H3. The lowest BCUT2D eigenvalue weighted by molar-refractivity contribution is 0.480. The summed E-state index contributed by atoms with van der Waals surface area (Å²) in [6.45, 7) is 2.59. The number of hydrogen-bond donors (Lipinski definition) is 1. The summed E-state index contributed by atoms with van der Waals surface area (Å²) < 4.78 is 40.9. The first kappa shape index (κ1) is 15.4. The molecule has 1 nitrogen and oxygen atoms in total. The lowest BCUT2D eigenvalue weighted by atomic mass is 10.0. The van der Waals surface area contributed by atoms with Gasteiger partial charge >= 0.3 is 0 Å². The van der Waals surface area contributed by atoms with Crippen LogP contribution in [0.2, 0.25) is 4.34 Å². The minimum atomic E-state index is -1.19. The monoisotopic (exact) mass is 319 g/mol. The molecule has 0 saturated heterocycles. The first-order valence-electron chi connectivity index (χ1n) is 6.16. The molecule has 108 valence electrons. The number of thiophene rings is 1. The van der Waals surface area contributed by atoms with Crippen LogP contribution < -0.4 is 5.32 Å². The van der Waals surface area contributed by atoms with E-state index in [-0.39, 0.29) is 5.56 Å². The van der Waals surface area contributed by atoms with Crippen LogP contribution in [0.4, 0.5) is 13.2 Å². The second kappa shape index (κ2) is 6.61. The smallest absolute Gasteiger partial charge is 0.161 e. The minimum Gasteiger partial charge on any atom is -0.306 e. The molecular formula is C14H13ClF3NS. The van der Waals surface area contributed by atoms with Crippen molar-refractivity contribution in [1.82, 2.24) is 5.32 Å². The van der Waals surface area contributed by atoms with Crippen molar-refractivity contribution in [1.29, 1.82) is 0 Å². The van der Waals surface area contributed by atoms with Crippen LogP contribution in [0.15, 0.2) is 24.3 Å². The highest BCUT2D eigenvalue weighted by Crippen LogP contribution is 2.33. The van der Waals surface area contributed by atoms with Crippen LogP contribution in [0.5, 0.6) is 0 Å². The summed E-state index contributed by atoms with van der Waals surface area (Å²) in [6, 6.07) is 4.37. The van der Waals surface area contributed by atoms with E-state index in [2.05, 4.69) is 5.32 Å². The molecule has 0 bridgehead atoms. The predicted molar refractivity (Wildman–Crippen MR) is 75.8 cm³/mol. The average molecular weight is 320 g/mol. The van der Waals surface area contributed by atoms with E-state index in [0.29, 0.717) is 16.9 Å². The van der Waals surface area contributed by atoms with Crippen LogP contribution in [-0.2, 0) is 0 Å². The van der Waals surface area contributed by atoms with E-state index in [9.17, 15) is 13.2 Å². The fourth-order valence-electron chi connectivity index (χ4n) is 1.90. The van der Waals surface area contributed by atoms with Crippen LogP contribution in [0.3, 0.4) is 0 Å². The largest absolute Gasteiger partial charge is 0.306 e. The van der Waals surface area contributed by atoms with Crippen molar-refractivity contribution < 1.29 is 13.2 Å². The van der Waals surface area contributed by atoms with Gasteiger partial charge in [-0.15, -0.1) is 11.3 Å². The topological polar surface area (TPSA) is 12.0 Å². The normalized spacial score (nSPS) is 12.7. The molecule has 1 atom stereocenters. The third-order valence-electron chi connectivity index (χ3n) is 2.83. The van der Waals surface area contributed by atoms with E-state index >= 15 is 0 Å². The highest BCUT2D eigenvalue weighted by molar-refractivity contribution is 7.16. The Bertz CT molecular complexity index is 600. The molecule has 0 radical (unpaired) electrons. The quantitative estimate of drug-likeness (QED) is 0.772. The zero-order valence-corrected chi connectivity index (χ0v) is 12.3. The number of benzene rings is 1. The molecule has 1 aromatic carbocycles. The molecule has 1 heterocycles. The van der Waals surface area contributed by atoms with Gasteiger partial charge in [0.25, 0.3) is 0 Å². The van der Waals surface area contributed by atoms with Crippen molar-refractivity contribution in [3.8, 4) is 0 Å². The summed E-state index contributed by atoms with van der Waals surface area (Å²) in [5.41, 5.74) is 0.0795. The van der Waals surface area contributed by atoms with Crippen molar-refractivity contribution in [2.75, 3.05) is 6.54 Å². The lowest BCUT2D eigenvalue weighted by Gasteiger charge is -2.18. The van der Waals surface area contributed by atoms with Gasteiger partial charge < -0.3 is 5.32 Å². The molecule has 1 unspecified atom stereocenters. The van der Waals surface area contributed by atoms with Crippen molar-refractivity contribution in [3.05, 3.63) is 56.5 Å². The van der Waals surface area contributed by atoms with E-state index in [4.69, 9.17) is 11.6 Å². The maximum atomic E-state index is 13.9. The Balaban J connectivity index is 2.43. The van der Waals surface area contributed by atoms with Crippen molar-refractivity contribution in [3.63, 3.8) is 0 Å². The molecule has 0 spiro atoms. The summed E-state index contributed by atoms with van der Waals surface area (Å²) in [5.74, 6) is -3.03.